The topological polar surface area (TPSA) is 58.6 Å². The maximum atomic E-state index is 12.6. The summed E-state index contributed by atoms with van der Waals surface area (Å²) in [6, 6.07) is 7.27. The minimum atomic E-state index is -0.0365. The van der Waals surface area contributed by atoms with E-state index in [0.29, 0.717) is 37.6 Å². The van der Waals surface area contributed by atoms with Gasteiger partial charge in [-0.3, -0.25) is 9.59 Å². The lowest BCUT2D eigenvalue weighted by atomic mass is 10.1. The first-order chi connectivity index (χ1) is 10.8. The van der Waals surface area contributed by atoms with Crippen LogP contribution in [0.25, 0.3) is 0 Å². The van der Waals surface area contributed by atoms with Gasteiger partial charge in [0, 0.05) is 19.0 Å². The first-order valence-corrected chi connectivity index (χ1v) is 8.02. The molecule has 2 aliphatic rings. The van der Waals surface area contributed by atoms with E-state index in [-0.39, 0.29) is 17.7 Å². The number of ether oxygens (including phenoxy) is 1. The summed E-state index contributed by atoms with van der Waals surface area (Å²) in [6.07, 6.45) is 4.13. The standard InChI is InChI=1S/C17H22N2O3/c20-16(13-5-1-2-6-13)18-15-8-4-3-7-14(15)17(21)19-9-11-22-12-10-19/h3-4,7-8,13H,1-2,5-6,9-12H2,(H,18,20). The second-order valence-electron chi connectivity index (χ2n) is 5.92. The van der Waals surface area contributed by atoms with Crippen LogP contribution >= 0.6 is 0 Å². The van der Waals surface area contributed by atoms with Gasteiger partial charge in [0.25, 0.3) is 5.91 Å². The van der Waals surface area contributed by atoms with E-state index >= 15 is 0 Å². The molecule has 22 heavy (non-hydrogen) atoms. The lowest BCUT2D eigenvalue weighted by Crippen LogP contribution is -2.41. The molecule has 3 rings (SSSR count). The molecule has 0 unspecified atom stereocenters. The zero-order valence-corrected chi connectivity index (χ0v) is 12.7. The summed E-state index contributed by atoms with van der Waals surface area (Å²) in [5.41, 5.74) is 1.19. The number of hydrogen-bond acceptors (Lipinski definition) is 3. The number of morpholine rings is 1. The highest BCUT2D eigenvalue weighted by Crippen LogP contribution is 2.27. The summed E-state index contributed by atoms with van der Waals surface area (Å²) >= 11 is 0. The molecule has 1 aliphatic carbocycles. The van der Waals surface area contributed by atoms with Gasteiger partial charge in [0.1, 0.15) is 0 Å². The largest absolute Gasteiger partial charge is 0.378 e. The Bertz CT molecular complexity index is 547. The molecule has 0 spiro atoms. The van der Waals surface area contributed by atoms with Gasteiger partial charge < -0.3 is 15.0 Å². The summed E-state index contributed by atoms with van der Waals surface area (Å²) in [6.45, 7) is 2.35. The van der Waals surface area contributed by atoms with Crippen LogP contribution in [0.2, 0.25) is 0 Å². The number of rotatable bonds is 3. The van der Waals surface area contributed by atoms with Gasteiger partial charge >= 0.3 is 0 Å². The third-order valence-electron chi connectivity index (χ3n) is 4.44. The molecule has 2 amide bonds. The van der Waals surface area contributed by atoms with Gasteiger partial charge in [-0.1, -0.05) is 25.0 Å². The van der Waals surface area contributed by atoms with Crippen LogP contribution in [-0.4, -0.2) is 43.0 Å². The van der Waals surface area contributed by atoms with Gasteiger partial charge in [0.15, 0.2) is 0 Å². The van der Waals surface area contributed by atoms with Gasteiger partial charge in [-0.05, 0) is 25.0 Å². The van der Waals surface area contributed by atoms with Crippen LogP contribution in [0.5, 0.6) is 0 Å². The third-order valence-corrected chi connectivity index (χ3v) is 4.44. The number of para-hydroxylation sites is 1. The van der Waals surface area contributed by atoms with Crippen molar-refractivity contribution in [2.75, 3.05) is 31.6 Å². The average Bonchev–Trinajstić information content (AvgIpc) is 3.10. The van der Waals surface area contributed by atoms with E-state index in [9.17, 15) is 9.59 Å². The number of anilines is 1. The molecular weight excluding hydrogens is 280 g/mol. The van der Waals surface area contributed by atoms with Crippen molar-refractivity contribution in [1.29, 1.82) is 0 Å². The SMILES string of the molecule is O=C(Nc1ccccc1C(=O)N1CCOCC1)C1CCCC1. The Balaban J connectivity index is 1.74. The summed E-state index contributed by atoms with van der Waals surface area (Å²) < 4.78 is 5.28. The molecule has 0 atom stereocenters. The summed E-state index contributed by atoms with van der Waals surface area (Å²) in [5.74, 6) is 0.0943. The van der Waals surface area contributed by atoms with Crippen LogP contribution in [0.3, 0.4) is 0 Å². The molecule has 5 heteroatoms. The second-order valence-corrected chi connectivity index (χ2v) is 5.92. The fourth-order valence-corrected chi connectivity index (χ4v) is 3.14. The lowest BCUT2D eigenvalue weighted by molar-refractivity contribution is -0.119. The Morgan fingerprint density at radius 1 is 1.09 bits per heavy atom. The highest BCUT2D eigenvalue weighted by Gasteiger charge is 2.25. The number of carbonyl (C=O) groups is 2. The normalized spacial score (nSPS) is 19.2. The first-order valence-electron chi connectivity index (χ1n) is 8.02. The highest BCUT2D eigenvalue weighted by molar-refractivity contribution is 6.04. The van der Waals surface area contributed by atoms with E-state index in [4.69, 9.17) is 4.74 Å². The van der Waals surface area contributed by atoms with E-state index in [1.54, 1.807) is 17.0 Å². The van der Waals surface area contributed by atoms with E-state index in [1.165, 1.54) is 0 Å². The summed E-state index contributed by atoms with van der Waals surface area (Å²) in [5, 5.41) is 2.95. The molecule has 1 saturated carbocycles. The predicted molar refractivity (Wildman–Crippen MR) is 83.8 cm³/mol. The Labute approximate surface area is 130 Å². The van der Waals surface area contributed by atoms with Crippen molar-refractivity contribution in [3.8, 4) is 0 Å². The molecular formula is C17H22N2O3. The zero-order valence-electron chi connectivity index (χ0n) is 12.7. The molecule has 0 radical (unpaired) electrons. The molecule has 1 aromatic rings. The monoisotopic (exact) mass is 302 g/mol. The van der Waals surface area contributed by atoms with Gasteiger partial charge in [-0.2, -0.15) is 0 Å². The maximum absolute atomic E-state index is 12.6. The molecule has 118 valence electrons. The highest BCUT2D eigenvalue weighted by atomic mass is 16.5. The number of nitrogens with zero attached hydrogens (tertiary/aromatic N) is 1. The molecule has 2 fully saturated rings. The quantitative estimate of drug-likeness (QED) is 0.932. The minimum Gasteiger partial charge on any atom is -0.378 e. The van der Waals surface area contributed by atoms with E-state index in [2.05, 4.69) is 5.32 Å². The summed E-state index contributed by atoms with van der Waals surface area (Å²) in [4.78, 5) is 26.7. The number of hydrogen-bond donors (Lipinski definition) is 1. The lowest BCUT2D eigenvalue weighted by Gasteiger charge is -2.27. The van der Waals surface area contributed by atoms with Crippen molar-refractivity contribution in [1.82, 2.24) is 4.90 Å². The predicted octanol–water partition coefficient (Wildman–Crippen LogP) is 2.29. The van der Waals surface area contributed by atoms with Gasteiger partial charge in [0.05, 0.1) is 24.5 Å². The zero-order chi connectivity index (χ0) is 15.4. The molecule has 1 saturated heterocycles. The Kier molecular flexibility index (Phi) is 4.73. The van der Waals surface area contributed by atoms with Crippen molar-refractivity contribution in [3.63, 3.8) is 0 Å². The molecule has 0 aromatic heterocycles. The fourth-order valence-electron chi connectivity index (χ4n) is 3.14. The Morgan fingerprint density at radius 2 is 1.77 bits per heavy atom. The Hall–Kier alpha value is -1.88. The molecule has 1 aromatic carbocycles. The van der Waals surface area contributed by atoms with Crippen molar-refractivity contribution in [3.05, 3.63) is 29.8 Å². The second kappa shape index (κ2) is 6.92. The van der Waals surface area contributed by atoms with E-state index < -0.39 is 0 Å². The van der Waals surface area contributed by atoms with Gasteiger partial charge in [0.2, 0.25) is 5.91 Å². The van der Waals surface area contributed by atoms with Crippen molar-refractivity contribution in [2.45, 2.75) is 25.7 Å². The fraction of sp³-hybridized carbons (Fsp3) is 0.529. The van der Waals surface area contributed by atoms with Crippen molar-refractivity contribution >= 4 is 17.5 Å². The molecule has 1 aliphatic heterocycles. The number of nitrogens with one attached hydrogen (secondary N) is 1. The van der Waals surface area contributed by atoms with Gasteiger partial charge in [-0.15, -0.1) is 0 Å². The number of carbonyl (C=O) groups excluding carboxylic acids is 2. The van der Waals surface area contributed by atoms with Crippen LogP contribution in [0, 0.1) is 5.92 Å². The van der Waals surface area contributed by atoms with Crippen LogP contribution < -0.4 is 5.32 Å². The van der Waals surface area contributed by atoms with Crippen LogP contribution in [0.15, 0.2) is 24.3 Å². The molecule has 1 N–H and O–H groups in total. The molecule has 5 nitrogen and oxygen atoms in total. The first kappa shape index (κ1) is 15.0. The minimum absolute atomic E-state index is 0.0365. The molecule has 1 heterocycles. The average molecular weight is 302 g/mol. The molecule has 0 bridgehead atoms. The van der Waals surface area contributed by atoms with E-state index in [1.807, 2.05) is 12.1 Å². The van der Waals surface area contributed by atoms with Crippen molar-refractivity contribution in [2.24, 2.45) is 5.92 Å². The maximum Gasteiger partial charge on any atom is 0.256 e. The number of benzene rings is 1. The van der Waals surface area contributed by atoms with E-state index in [0.717, 1.165) is 25.7 Å². The van der Waals surface area contributed by atoms with Crippen LogP contribution in [-0.2, 0) is 9.53 Å². The Morgan fingerprint density at radius 3 is 2.50 bits per heavy atom. The van der Waals surface area contributed by atoms with Crippen LogP contribution in [0.4, 0.5) is 5.69 Å². The van der Waals surface area contributed by atoms with Crippen molar-refractivity contribution < 1.29 is 14.3 Å². The number of amides is 2. The third kappa shape index (κ3) is 3.30. The smallest absolute Gasteiger partial charge is 0.256 e. The summed E-state index contributed by atoms with van der Waals surface area (Å²) in [7, 11) is 0. The van der Waals surface area contributed by atoms with Gasteiger partial charge in [-0.25, -0.2) is 0 Å². The van der Waals surface area contributed by atoms with Crippen LogP contribution in [0.1, 0.15) is 36.0 Å².